The molecule has 1 N–H and O–H groups in total. The molecule has 0 aromatic rings. The SMILES string of the molecule is CC(C)C1CNC(C2CCCCC2)CN1CC1CCCS1. The lowest BCUT2D eigenvalue weighted by Gasteiger charge is -2.46. The van der Waals surface area contributed by atoms with Gasteiger partial charge in [0.15, 0.2) is 0 Å². The minimum absolute atomic E-state index is 0.756. The van der Waals surface area contributed by atoms with Gasteiger partial charge in [0.25, 0.3) is 0 Å². The highest BCUT2D eigenvalue weighted by Crippen LogP contribution is 2.32. The van der Waals surface area contributed by atoms with Crippen LogP contribution in [0.1, 0.15) is 58.8 Å². The second-order valence-electron chi connectivity index (χ2n) is 7.81. The van der Waals surface area contributed by atoms with E-state index in [2.05, 4.69) is 35.8 Å². The molecule has 3 fully saturated rings. The van der Waals surface area contributed by atoms with E-state index in [0.29, 0.717) is 0 Å². The number of nitrogens with one attached hydrogen (secondary N) is 1. The quantitative estimate of drug-likeness (QED) is 0.851. The third-order valence-corrected chi connectivity index (χ3v) is 7.32. The van der Waals surface area contributed by atoms with Crippen LogP contribution >= 0.6 is 11.8 Å². The van der Waals surface area contributed by atoms with Crippen molar-refractivity contribution in [3.63, 3.8) is 0 Å². The molecule has 2 aliphatic heterocycles. The normalized spacial score (nSPS) is 36.4. The van der Waals surface area contributed by atoms with Crippen LogP contribution in [0.5, 0.6) is 0 Å². The molecular weight excluding hydrogens is 276 g/mol. The number of hydrogen-bond acceptors (Lipinski definition) is 3. The summed E-state index contributed by atoms with van der Waals surface area (Å²) in [5.74, 6) is 3.12. The summed E-state index contributed by atoms with van der Waals surface area (Å²) in [6.07, 6.45) is 10.2. The highest BCUT2D eigenvalue weighted by molar-refractivity contribution is 8.00. The van der Waals surface area contributed by atoms with Crippen molar-refractivity contribution in [3.8, 4) is 0 Å². The van der Waals surface area contributed by atoms with E-state index < -0.39 is 0 Å². The van der Waals surface area contributed by atoms with Crippen molar-refractivity contribution >= 4 is 11.8 Å². The molecule has 2 saturated heterocycles. The van der Waals surface area contributed by atoms with Crippen molar-refractivity contribution < 1.29 is 0 Å². The summed E-state index contributed by atoms with van der Waals surface area (Å²) in [5.41, 5.74) is 0. The van der Waals surface area contributed by atoms with Gasteiger partial charge in [-0.1, -0.05) is 33.1 Å². The van der Waals surface area contributed by atoms with Crippen LogP contribution in [0.2, 0.25) is 0 Å². The summed E-state index contributed by atoms with van der Waals surface area (Å²) >= 11 is 2.22. The van der Waals surface area contributed by atoms with Crippen LogP contribution in [-0.4, -0.2) is 47.6 Å². The van der Waals surface area contributed by atoms with Crippen LogP contribution in [-0.2, 0) is 0 Å². The van der Waals surface area contributed by atoms with Gasteiger partial charge in [-0.3, -0.25) is 4.90 Å². The minimum Gasteiger partial charge on any atom is -0.311 e. The first-order chi connectivity index (χ1) is 10.2. The molecule has 3 aliphatic rings. The van der Waals surface area contributed by atoms with Gasteiger partial charge in [0.2, 0.25) is 0 Å². The molecule has 3 heteroatoms. The predicted molar refractivity (Wildman–Crippen MR) is 94.0 cm³/mol. The number of piperazine rings is 1. The van der Waals surface area contributed by atoms with Crippen LogP contribution < -0.4 is 5.32 Å². The Morgan fingerprint density at radius 2 is 1.90 bits per heavy atom. The summed E-state index contributed by atoms with van der Waals surface area (Å²) in [7, 11) is 0. The smallest absolute Gasteiger partial charge is 0.0244 e. The lowest BCUT2D eigenvalue weighted by Crippen LogP contribution is -2.61. The zero-order chi connectivity index (χ0) is 14.7. The molecule has 21 heavy (non-hydrogen) atoms. The fraction of sp³-hybridized carbons (Fsp3) is 1.00. The van der Waals surface area contributed by atoms with Crippen LogP contribution in [0.15, 0.2) is 0 Å². The molecule has 0 aromatic heterocycles. The number of thioether (sulfide) groups is 1. The molecule has 2 nitrogen and oxygen atoms in total. The highest BCUT2D eigenvalue weighted by Gasteiger charge is 2.35. The van der Waals surface area contributed by atoms with Crippen molar-refractivity contribution in [1.82, 2.24) is 10.2 Å². The van der Waals surface area contributed by atoms with E-state index in [1.165, 1.54) is 70.3 Å². The van der Waals surface area contributed by atoms with E-state index in [-0.39, 0.29) is 0 Å². The third kappa shape index (κ3) is 4.17. The Morgan fingerprint density at radius 3 is 2.57 bits per heavy atom. The zero-order valence-electron chi connectivity index (χ0n) is 14.0. The average Bonchev–Trinajstić information content (AvgIpc) is 3.01. The molecular formula is C18H34N2S. The van der Waals surface area contributed by atoms with E-state index in [1.54, 1.807) is 0 Å². The largest absolute Gasteiger partial charge is 0.311 e. The summed E-state index contributed by atoms with van der Waals surface area (Å²) in [6, 6.07) is 1.53. The summed E-state index contributed by atoms with van der Waals surface area (Å²) in [4.78, 5) is 2.86. The Morgan fingerprint density at radius 1 is 1.10 bits per heavy atom. The predicted octanol–water partition coefficient (Wildman–Crippen LogP) is 3.76. The Bertz CT molecular complexity index is 308. The lowest BCUT2D eigenvalue weighted by atomic mass is 9.82. The molecule has 3 atom stereocenters. The van der Waals surface area contributed by atoms with Gasteiger partial charge in [0, 0.05) is 37.0 Å². The van der Waals surface area contributed by atoms with Crippen molar-refractivity contribution in [1.29, 1.82) is 0 Å². The first kappa shape index (κ1) is 16.1. The van der Waals surface area contributed by atoms with Gasteiger partial charge < -0.3 is 5.32 Å². The van der Waals surface area contributed by atoms with E-state index in [1.807, 2.05) is 0 Å². The van der Waals surface area contributed by atoms with Crippen LogP contribution in [0.25, 0.3) is 0 Å². The molecule has 0 aromatic carbocycles. The Hall–Kier alpha value is 0.270. The first-order valence-corrected chi connectivity index (χ1v) is 10.4. The molecule has 1 aliphatic carbocycles. The summed E-state index contributed by atoms with van der Waals surface area (Å²) in [5, 5.41) is 4.84. The summed E-state index contributed by atoms with van der Waals surface area (Å²) < 4.78 is 0. The molecule has 0 radical (unpaired) electrons. The standard InChI is InChI=1S/C18H34N2S/c1-14(2)18-11-19-17(15-7-4-3-5-8-15)13-20(18)12-16-9-6-10-21-16/h14-19H,3-13H2,1-2H3. The topological polar surface area (TPSA) is 15.3 Å². The van der Waals surface area contributed by atoms with Crippen LogP contribution in [0.3, 0.4) is 0 Å². The lowest BCUT2D eigenvalue weighted by molar-refractivity contribution is 0.0724. The maximum Gasteiger partial charge on any atom is 0.0244 e. The fourth-order valence-electron chi connectivity index (χ4n) is 4.62. The van der Waals surface area contributed by atoms with Gasteiger partial charge in [-0.25, -0.2) is 0 Å². The molecule has 3 unspecified atom stereocenters. The Kier molecular flexibility index (Phi) is 5.92. The second kappa shape index (κ2) is 7.70. The number of hydrogen-bond donors (Lipinski definition) is 1. The van der Waals surface area contributed by atoms with Gasteiger partial charge in [-0.2, -0.15) is 11.8 Å². The molecule has 0 amide bonds. The zero-order valence-corrected chi connectivity index (χ0v) is 14.8. The summed E-state index contributed by atoms with van der Waals surface area (Å²) in [6.45, 7) is 8.68. The van der Waals surface area contributed by atoms with E-state index in [0.717, 1.165) is 29.2 Å². The Balaban J connectivity index is 1.60. The van der Waals surface area contributed by atoms with Gasteiger partial charge in [0.1, 0.15) is 0 Å². The van der Waals surface area contributed by atoms with Gasteiger partial charge in [-0.15, -0.1) is 0 Å². The second-order valence-corrected chi connectivity index (χ2v) is 9.22. The van der Waals surface area contributed by atoms with Crippen LogP contribution in [0, 0.1) is 11.8 Å². The molecule has 0 spiro atoms. The number of rotatable bonds is 4. The maximum atomic E-state index is 3.93. The van der Waals surface area contributed by atoms with Gasteiger partial charge in [0.05, 0.1) is 0 Å². The van der Waals surface area contributed by atoms with Gasteiger partial charge in [-0.05, 0) is 43.3 Å². The van der Waals surface area contributed by atoms with E-state index >= 15 is 0 Å². The van der Waals surface area contributed by atoms with E-state index in [9.17, 15) is 0 Å². The molecule has 3 rings (SSSR count). The van der Waals surface area contributed by atoms with Crippen molar-refractivity contribution in [2.45, 2.75) is 76.1 Å². The van der Waals surface area contributed by atoms with Crippen molar-refractivity contribution in [2.24, 2.45) is 11.8 Å². The molecule has 122 valence electrons. The van der Waals surface area contributed by atoms with Gasteiger partial charge >= 0.3 is 0 Å². The average molecular weight is 311 g/mol. The van der Waals surface area contributed by atoms with Crippen molar-refractivity contribution in [2.75, 3.05) is 25.4 Å². The fourth-order valence-corrected chi connectivity index (χ4v) is 5.92. The molecule has 2 heterocycles. The first-order valence-electron chi connectivity index (χ1n) is 9.33. The van der Waals surface area contributed by atoms with Crippen LogP contribution in [0.4, 0.5) is 0 Å². The maximum absolute atomic E-state index is 3.93. The molecule has 1 saturated carbocycles. The molecule has 0 bridgehead atoms. The third-order valence-electron chi connectivity index (χ3n) is 5.94. The monoisotopic (exact) mass is 310 g/mol. The van der Waals surface area contributed by atoms with E-state index in [4.69, 9.17) is 0 Å². The number of nitrogens with zero attached hydrogens (tertiary/aromatic N) is 1. The van der Waals surface area contributed by atoms with Crippen molar-refractivity contribution in [3.05, 3.63) is 0 Å². The Labute approximate surface area is 135 Å². The minimum atomic E-state index is 0.756. The highest BCUT2D eigenvalue weighted by atomic mass is 32.2.